The smallest absolute Gasteiger partial charge is 0.188 e. The highest BCUT2D eigenvalue weighted by Gasteiger charge is 2.15. The first kappa shape index (κ1) is 15.3. The first-order valence-corrected chi connectivity index (χ1v) is 6.91. The van der Waals surface area contributed by atoms with Crippen LogP contribution in [-0.2, 0) is 4.74 Å². The first-order chi connectivity index (χ1) is 9.95. The van der Waals surface area contributed by atoms with Crippen molar-refractivity contribution in [3.05, 3.63) is 40.6 Å². The van der Waals surface area contributed by atoms with Crippen molar-refractivity contribution in [3.63, 3.8) is 0 Å². The van der Waals surface area contributed by atoms with Crippen LogP contribution in [0.3, 0.4) is 0 Å². The van der Waals surface area contributed by atoms with Gasteiger partial charge in [-0.1, -0.05) is 6.07 Å². The maximum absolute atomic E-state index is 6.13. The lowest BCUT2D eigenvalue weighted by molar-refractivity contribution is 0.0506. The van der Waals surface area contributed by atoms with E-state index in [1.807, 2.05) is 32.9 Å². The van der Waals surface area contributed by atoms with Gasteiger partial charge in [-0.2, -0.15) is 0 Å². The van der Waals surface area contributed by atoms with Gasteiger partial charge in [0, 0.05) is 18.4 Å². The van der Waals surface area contributed by atoms with E-state index in [1.54, 1.807) is 7.11 Å². The summed E-state index contributed by atoms with van der Waals surface area (Å²) < 4.78 is 10.6. The molecule has 1 heterocycles. The molecule has 4 nitrogen and oxygen atoms in total. The first-order valence-electron chi connectivity index (χ1n) is 6.91. The van der Waals surface area contributed by atoms with E-state index >= 15 is 0 Å². The van der Waals surface area contributed by atoms with Crippen LogP contribution in [0.4, 0.5) is 5.82 Å². The second-order valence-electron chi connectivity index (χ2n) is 5.25. The summed E-state index contributed by atoms with van der Waals surface area (Å²) in [5.41, 5.74) is 12.4. The zero-order valence-electron chi connectivity index (χ0n) is 13.3. The topological polar surface area (TPSA) is 57.4 Å². The van der Waals surface area contributed by atoms with Gasteiger partial charge in [0.2, 0.25) is 0 Å². The fourth-order valence-electron chi connectivity index (χ4n) is 2.45. The number of hydrogen-bond acceptors (Lipinski definition) is 4. The van der Waals surface area contributed by atoms with Crippen molar-refractivity contribution in [2.75, 3.05) is 19.6 Å². The highest BCUT2D eigenvalue weighted by atomic mass is 16.7. The Morgan fingerprint density at radius 3 is 2.48 bits per heavy atom. The molecule has 21 heavy (non-hydrogen) atoms. The van der Waals surface area contributed by atoms with Gasteiger partial charge in [-0.15, -0.1) is 0 Å². The van der Waals surface area contributed by atoms with E-state index in [1.165, 1.54) is 0 Å². The number of pyridine rings is 1. The Hall–Kier alpha value is -2.07. The lowest BCUT2D eigenvalue weighted by Crippen LogP contribution is -2.04. The number of hydrogen-bond donors (Lipinski definition) is 1. The molecule has 0 spiro atoms. The number of aromatic nitrogens is 1. The van der Waals surface area contributed by atoms with Gasteiger partial charge in [0.05, 0.1) is 0 Å². The molecular weight excluding hydrogens is 264 g/mol. The van der Waals surface area contributed by atoms with Crippen molar-refractivity contribution >= 4 is 5.82 Å². The molecule has 0 fully saturated rings. The average Bonchev–Trinajstić information content (AvgIpc) is 2.43. The van der Waals surface area contributed by atoms with Crippen molar-refractivity contribution in [1.82, 2.24) is 4.98 Å². The minimum absolute atomic E-state index is 0.226. The predicted octanol–water partition coefficient (Wildman–Crippen LogP) is 3.55. The standard InChI is InChI=1S/C17H22N2O2/c1-10-6-7-15(21-9-20-5)12(3)16(10)14-8-11(2)13(4)19-17(14)18/h6-8H,9H2,1-5H3,(H2,18,19). The Labute approximate surface area is 125 Å². The summed E-state index contributed by atoms with van der Waals surface area (Å²) in [5.74, 6) is 1.35. The Bertz CT molecular complexity index is 666. The molecule has 4 heteroatoms. The van der Waals surface area contributed by atoms with E-state index < -0.39 is 0 Å². The molecule has 0 aliphatic heterocycles. The number of ether oxygens (including phenoxy) is 2. The van der Waals surface area contributed by atoms with Crippen LogP contribution < -0.4 is 10.5 Å². The van der Waals surface area contributed by atoms with Gasteiger partial charge in [0.15, 0.2) is 6.79 Å². The molecule has 1 aromatic carbocycles. The minimum atomic E-state index is 0.226. The molecule has 0 radical (unpaired) electrons. The molecule has 0 amide bonds. The molecule has 1 aromatic heterocycles. The zero-order chi connectivity index (χ0) is 15.6. The van der Waals surface area contributed by atoms with Crippen LogP contribution in [0.1, 0.15) is 22.4 Å². The third kappa shape index (κ3) is 3.00. The third-order valence-corrected chi connectivity index (χ3v) is 3.72. The number of rotatable bonds is 4. The van der Waals surface area contributed by atoms with E-state index in [2.05, 4.69) is 18.0 Å². The Kier molecular flexibility index (Phi) is 4.48. The van der Waals surface area contributed by atoms with Crippen LogP contribution in [0, 0.1) is 27.7 Å². The van der Waals surface area contributed by atoms with Crippen LogP contribution in [0.15, 0.2) is 18.2 Å². The Morgan fingerprint density at radius 2 is 1.81 bits per heavy atom. The van der Waals surface area contributed by atoms with Crippen LogP contribution in [0.25, 0.3) is 11.1 Å². The fraction of sp³-hybridized carbons (Fsp3) is 0.353. The number of nitrogens with zero attached hydrogens (tertiary/aromatic N) is 1. The molecule has 0 aliphatic carbocycles. The van der Waals surface area contributed by atoms with Crippen LogP contribution in [0.2, 0.25) is 0 Å². The number of aryl methyl sites for hydroxylation is 3. The molecule has 2 aromatic rings. The maximum Gasteiger partial charge on any atom is 0.188 e. The van der Waals surface area contributed by atoms with Gasteiger partial charge < -0.3 is 15.2 Å². The van der Waals surface area contributed by atoms with Gasteiger partial charge in [-0.25, -0.2) is 4.98 Å². The lowest BCUT2D eigenvalue weighted by Gasteiger charge is -2.17. The van der Waals surface area contributed by atoms with Gasteiger partial charge in [-0.05, 0) is 62.1 Å². The van der Waals surface area contributed by atoms with Crippen LogP contribution in [0.5, 0.6) is 5.75 Å². The number of anilines is 1. The van der Waals surface area contributed by atoms with Gasteiger partial charge in [0.1, 0.15) is 11.6 Å². The van der Waals surface area contributed by atoms with Crippen molar-refractivity contribution in [1.29, 1.82) is 0 Å². The molecular formula is C17H22N2O2. The van der Waals surface area contributed by atoms with E-state index in [0.717, 1.165) is 39.3 Å². The number of nitrogens with two attached hydrogens (primary N) is 1. The SMILES string of the molecule is COCOc1ccc(C)c(-c2cc(C)c(C)nc2N)c1C. The molecule has 0 aliphatic rings. The van der Waals surface area contributed by atoms with Crippen molar-refractivity contribution in [2.45, 2.75) is 27.7 Å². The average molecular weight is 286 g/mol. The summed E-state index contributed by atoms with van der Waals surface area (Å²) in [6, 6.07) is 6.08. The second kappa shape index (κ2) is 6.14. The predicted molar refractivity (Wildman–Crippen MR) is 85.5 cm³/mol. The molecule has 0 saturated heterocycles. The van der Waals surface area contributed by atoms with Crippen LogP contribution >= 0.6 is 0 Å². The summed E-state index contributed by atoms with van der Waals surface area (Å²) in [4.78, 5) is 4.44. The Morgan fingerprint density at radius 1 is 1.10 bits per heavy atom. The van der Waals surface area contributed by atoms with Crippen LogP contribution in [-0.4, -0.2) is 18.9 Å². The summed E-state index contributed by atoms with van der Waals surface area (Å²) >= 11 is 0. The summed E-state index contributed by atoms with van der Waals surface area (Å²) in [7, 11) is 1.61. The quantitative estimate of drug-likeness (QED) is 0.873. The summed E-state index contributed by atoms with van der Waals surface area (Å²) in [6.07, 6.45) is 0. The molecule has 0 bridgehead atoms. The maximum atomic E-state index is 6.13. The molecule has 0 unspecified atom stereocenters. The zero-order valence-corrected chi connectivity index (χ0v) is 13.3. The highest BCUT2D eigenvalue weighted by Crippen LogP contribution is 2.36. The van der Waals surface area contributed by atoms with E-state index in [-0.39, 0.29) is 6.79 Å². The molecule has 2 rings (SSSR count). The number of benzene rings is 1. The summed E-state index contributed by atoms with van der Waals surface area (Å²) in [6.45, 7) is 8.33. The van der Waals surface area contributed by atoms with Crippen molar-refractivity contribution in [2.24, 2.45) is 0 Å². The van der Waals surface area contributed by atoms with E-state index in [4.69, 9.17) is 15.2 Å². The summed E-state index contributed by atoms with van der Waals surface area (Å²) in [5, 5.41) is 0. The minimum Gasteiger partial charge on any atom is -0.467 e. The van der Waals surface area contributed by atoms with Gasteiger partial charge >= 0.3 is 0 Å². The molecule has 2 N–H and O–H groups in total. The monoisotopic (exact) mass is 286 g/mol. The molecule has 112 valence electrons. The normalized spacial score (nSPS) is 10.7. The highest BCUT2D eigenvalue weighted by molar-refractivity contribution is 5.80. The van der Waals surface area contributed by atoms with E-state index in [0.29, 0.717) is 5.82 Å². The van der Waals surface area contributed by atoms with Gasteiger partial charge in [-0.3, -0.25) is 0 Å². The number of nitrogen functional groups attached to an aromatic ring is 1. The Balaban J connectivity index is 2.60. The third-order valence-electron chi connectivity index (χ3n) is 3.72. The fourth-order valence-corrected chi connectivity index (χ4v) is 2.45. The molecule has 0 saturated carbocycles. The lowest BCUT2D eigenvalue weighted by atomic mass is 9.94. The molecule has 0 atom stereocenters. The largest absolute Gasteiger partial charge is 0.467 e. The number of methoxy groups -OCH3 is 1. The van der Waals surface area contributed by atoms with Crippen molar-refractivity contribution in [3.8, 4) is 16.9 Å². The van der Waals surface area contributed by atoms with E-state index in [9.17, 15) is 0 Å². The van der Waals surface area contributed by atoms with Gasteiger partial charge in [0.25, 0.3) is 0 Å². The second-order valence-corrected chi connectivity index (χ2v) is 5.25. The van der Waals surface area contributed by atoms with Crippen molar-refractivity contribution < 1.29 is 9.47 Å².